The van der Waals surface area contributed by atoms with E-state index in [-0.39, 0.29) is 17.6 Å². The van der Waals surface area contributed by atoms with Crippen molar-refractivity contribution in [3.05, 3.63) is 64.7 Å². The van der Waals surface area contributed by atoms with Crippen LogP contribution in [0.15, 0.2) is 42.5 Å². The van der Waals surface area contributed by atoms with E-state index < -0.39 is 22.6 Å². The zero-order valence-electron chi connectivity index (χ0n) is 18.0. The molecule has 1 heterocycles. The number of benzene rings is 2. The Morgan fingerprint density at radius 1 is 1.06 bits per heavy atom. The molecule has 1 amide bonds. The highest BCUT2D eigenvalue weighted by atomic mass is 35.5. The van der Waals surface area contributed by atoms with Crippen molar-refractivity contribution in [3.63, 3.8) is 0 Å². The molecular formula is C24H25ClF2N4O. The molecule has 1 aliphatic rings. The minimum Gasteiger partial charge on any atom is -0.377 e. The molecule has 0 saturated heterocycles. The van der Waals surface area contributed by atoms with Crippen LogP contribution in [-0.4, -0.2) is 37.1 Å². The average molecular weight is 459 g/mol. The maximum absolute atomic E-state index is 14.1. The molecule has 0 spiro atoms. The highest BCUT2D eigenvalue weighted by molar-refractivity contribution is 6.31. The van der Waals surface area contributed by atoms with Crippen molar-refractivity contribution in [1.29, 1.82) is 0 Å². The van der Waals surface area contributed by atoms with Crippen LogP contribution in [0.2, 0.25) is 5.02 Å². The molecule has 168 valence electrons. The summed E-state index contributed by atoms with van der Waals surface area (Å²) in [5.41, 5.74) is 1.79. The summed E-state index contributed by atoms with van der Waals surface area (Å²) in [6.07, 6.45) is 3.16. The molecule has 1 aromatic heterocycles. The van der Waals surface area contributed by atoms with Gasteiger partial charge in [-0.1, -0.05) is 29.8 Å². The molecule has 0 aliphatic heterocycles. The fourth-order valence-electron chi connectivity index (χ4n) is 4.16. The van der Waals surface area contributed by atoms with Crippen LogP contribution in [0, 0.1) is 11.6 Å². The van der Waals surface area contributed by atoms with Gasteiger partial charge < -0.3 is 15.5 Å². The molecule has 4 rings (SSSR count). The summed E-state index contributed by atoms with van der Waals surface area (Å²) in [7, 11) is 4.02. The van der Waals surface area contributed by atoms with Crippen LogP contribution < -0.4 is 15.5 Å². The van der Waals surface area contributed by atoms with Crippen LogP contribution in [0.3, 0.4) is 0 Å². The highest BCUT2D eigenvalue weighted by Crippen LogP contribution is 2.29. The molecule has 0 atom stereocenters. The van der Waals surface area contributed by atoms with E-state index in [9.17, 15) is 13.6 Å². The summed E-state index contributed by atoms with van der Waals surface area (Å²) in [5.74, 6) is -1.67. The number of carbonyl (C=O) groups is 1. The van der Waals surface area contributed by atoms with Crippen LogP contribution in [0.5, 0.6) is 0 Å². The fraction of sp³-hybridized carbons (Fsp3) is 0.333. The Balaban J connectivity index is 1.38. The first-order valence-corrected chi connectivity index (χ1v) is 11.0. The normalized spacial score (nSPS) is 18.4. The van der Waals surface area contributed by atoms with Gasteiger partial charge in [0, 0.05) is 43.3 Å². The van der Waals surface area contributed by atoms with Gasteiger partial charge in [0.05, 0.1) is 11.1 Å². The van der Waals surface area contributed by atoms with Crippen LogP contribution >= 0.6 is 11.6 Å². The van der Waals surface area contributed by atoms with E-state index >= 15 is 0 Å². The largest absolute Gasteiger partial charge is 0.377 e. The SMILES string of the molecule is CN(C)c1cc(N[C@H]2CC[C@@H](NC(=O)c3ccc(F)c(Cl)c3F)CC2)nc2ccccc12. The number of fused-ring (bicyclic) bond motifs is 1. The summed E-state index contributed by atoms with van der Waals surface area (Å²) in [4.78, 5) is 19.3. The maximum atomic E-state index is 14.1. The predicted octanol–water partition coefficient (Wildman–Crippen LogP) is 5.39. The third-order valence-corrected chi connectivity index (χ3v) is 6.22. The van der Waals surface area contributed by atoms with E-state index in [1.54, 1.807) is 0 Å². The molecular weight excluding hydrogens is 434 g/mol. The van der Waals surface area contributed by atoms with E-state index in [4.69, 9.17) is 16.6 Å². The predicted molar refractivity (Wildman–Crippen MR) is 125 cm³/mol. The zero-order chi connectivity index (χ0) is 22.8. The number of hydrogen-bond acceptors (Lipinski definition) is 4. The van der Waals surface area contributed by atoms with Crippen molar-refractivity contribution < 1.29 is 13.6 Å². The number of nitrogens with zero attached hydrogens (tertiary/aromatic N) is 2. The highest BCUT2D eigenvalue weighted by Gasteiger charge is 2.25. The molecule has 32 heavy (non-hydrogen) atoms. The molecule has 3 aromatic rings. The summed E-state index contributed by atoms with van der Waals surface area (Å²) < 4.78 is 27.5. The van der Waals surface area contributed by atoms with Gasteiger partial charge in [0.15, 0.2) is 5.82 Å². The molecule has 5 nitrogen and oxygen atoms in total. The summed E-state index contributed by atoms with van der Waals surface area (Å²) in [5, 5.41) is 6.81. The molecule has 1 saturated carbocycles. The lowest BCUT2D eigenvalue weighted by Crippen LogP contribution is -2.40. The van der Waals surface area contributed by atoms with Crippen molar-refractivity contribution in [1.82, 2.24) is 10.3 Å². The van der Waals surface area contributed by atoms with Crippen molar-refractivity contribution in [2.45, 2.75) is 37.8 Å². The van der Waals surface area contributed by atoms with Crippen LogP contribution in [-0.2, 0) is 0 Å². The minimum absolute atomic E-state index is 0.0781. The monoisotopic (exact) mass is 458 g/mol. The number of nitrogens with one attached hydrogen (secondary N) is 2. The van der Waals surface area contributed by atoms with Crippen molar-refractivity contribution in [2.24, 2.45) is 0 Å². The molecule has 1 aliphatic carbocycles. The van der Waals surface area contributed by atoms with E-state index in [0.29, 0.717) is 0 Å². The first-order valence-electron chi connectivity index (χ1n) is 10.6. The molecule has 0 bridgehead atoms. The van der Waals surface area contributed by atoms with Gasteiger partial charge >= 0.3 is 0 Å². The van der Waals surface area contributed by atoms with Gasteiger partial charge in [0.25, 0.3) is 5.91 Å². The Labute approximate surface area is 190 Å². The Morgan fingerprint density at radius 2 is 1.75 bits per heavy atom. The van der Waals surface area contributed by atoms with E-state index in [0.717, 1.165) is 60.2 Å². The molecule has 0 unspecified atom stereocenters. The third-order valence-electron chi connectivity index (χ3n) is 5.87. The third kappa shape index (κ3) is 4.63. The van der Waals surface area contributed by atoms with Crippen molar-refractivity contribution in [3.8, 4) is 0 Å². The van der Waals surface area contributed by atoms with Crippen molar-refractivity contribution in [2.75, 3.05) is 24.3 Å². The van der Waals surface area contributed by atoms with E-state index in [1.807, 2.05) is 32.3 Å². The number of aromatic nitrogens is 1. The van der Waals surface area contributed by atoms with E-state index in [1.165, 1.54) is 0 Å². The van der Waals surface area contributed by atoms with Gasteiger partial charge in [-0.25, -0.2) is 13.8 Å². The second-order valence-corrected chi connectivity index (χ2v) is 8.71. The van der Waals surface area contributed by atoms with Gasteiger partial charge in [0.2, 0.25) is 0 Å². The molecule has 1 fully saturated rings. The second kappa shape index (κ2) is 9.28. The number of hydrogen-bond donors (Lipinski definition) is 2. The Kier molecular flexibility index (Phi) is 6.46. The lowest BCUT2D eigenvalue weighted by atomic mass is 9.91. The standard InChI is InChI=1S/C24H25ClF2N4O/c1-31(2)20-13-21(30-19-6-4-3-5-16(19)20)28-14-7-9-15(10-8-14)29-24(32)17-11-12-18(26)22(25)23(17)27/h3-6,11-15H,7-10H2,1-2H3,(H,28,30)(H,29,32)/t14-,15+. The number of carbonyl (C=O) groups excluding carboxylic acids is 1. The fourth-order valence-corrected chi connectivity index (χ4v) is 4.32. The van der Waals surface area contributed by atoms with Gasteiger partial charge in [-0.2, -0.15) is 0 Å². The quantitative estimate of drug-likeness (QED) is 0.503. The minimum atomic E-state index is -1.03. The summed E-state index contributed by atoms with van der Waals surface area (Å²) in [6.45, 7) is 0. The number of para-hydroxylation sites is 1. The van der Waals surface area contributed by atoms with Crippen LogP contribution in [0.1, 0.15) is 36.0 Å². The first kappa shape index (κ1) is 22.3. The topological polar surface area (TPSA) is 57.3 Å². The Bertz CT molecular complexity index is 1150. The number of halogens is 3. The lowest BCUT2D eigenvalue weighted by molar-refractivity contribution is 0.0922. The first-order chi connectivity index (χ1) is 15.3. The van der Waals surface area contributed by atoms with Gasteiger partial charge in [-0.05, 0) is 43.9 Å². The number of pyridine rings is 1. The van der Waals surface area contributed by atoms with Crippen LogP contribution in [0.4, 0.5) is 20.3 Å². The molecule has 2 aromatic carbocycles. The Hall–Kier alpha value is -2.93. The van der Waals surface area contributed by atoms with Crippen LogP contribution in [0.25, 0.3) is 10.9 Å². The zero-order valence-corrected chi connectivity index (χ0v) is 18.7. The van der Waals surface area contributed by atoms with Gasteiger partial charge in [0.1, 0.15) is 16.7 Å². The van der Waals surface area contributed by atoms with Crippen molar-refractivity contribution >= 4 is 39.9 Å². The molecule has 0 radical (unpaired) electrons. The van der Waals surface area contributed by atoms with Gasteiger partial charge in [-0.15, -0.1) is 0 Å². The molecule has 2 N–H and O–H groups in total. The van der Waals surface area contributed by atoms with E-state index in [2.05, 4.69) is 27.7 Å². The number of anilines is 2. The second-order valence-electron chi connectivity index (χ2n) is 8.33. The summed E-state index contributed by atoms with van der Waals surface area (Å²) in [6, 6.07) is 12.4. The Morgan fingerprint density at radius 3 is 2.47 bits per heavy atom. The van der Waals surface area contributed by atoms with Gasteiger partial charge in [-0.3, -0.25) is 4.79 Å². The molecule has 8 heteroatoms. The number of rotatable bonds is 5. The maximum Gasteiger partial charge on any atom is 0.254 e. The smallest absolute Gasteiger partial charge is 0.254 e. The number of amides is 1. The lowest BCUT2D eigenvalue weighted by Gasteiger charge is -2.30. The summed E-state index contributed by atoms with van der Waals surface area (Å²) >= 11 is 5.59. The average Bonchev–Trinajstić information content (AvgIpc) is 2.78.